The van der Waals surface area contributed by atoms with Crippen LogP contribution in [0.4, 0.5) is 0 Å². The zero-order valence-electron chi connectivity index (χ0n) is 6.43. The molecule has 1 heterocycles. The molecule has 3 heteroatoms. The number of alkyl halides is 2. The summed E-state index contributed by atoms with van der Waals surface area (Å²) in [5, 5.41) is 3.19. The summed E-state index contributed by atoms with van der Waals surface area (Å²) in [4.78, 5) is 0. The van der Waals surface area contributed by atoms with Crippen LogP contribution in [-0.4, -0.2) is 10.9 Å². The maximum atomic E-state index is 6.01. The fourth-order valence-electron chi connectivity index (χ4n) is 1.37. The molecule has 0 bridgehead atoms. The molecule has 0 aliphatic carbocycles. The summed E-state index contributed by atoms with van der Waals surface area (Å²) in [5.74, 6) is 0. The lowest BCUT2D eigenvalue weighted by Gasteiger charge is -2.41. The largest absolute Gasteiger partial charge is 0.304 e. The van der Waals surface area contributed by atoms with Crippen LogP contribution < -0.4 is 5.32 Å². The fourth-order valence-corrected chi connectivity index (χ4v) is 1.93. The predicted octanol–water partition coefficient (Wildman–Crippen LogP) is 2.50. The third-order valence-electron chi connectivity index (χ3n) is 2.10. The van der Waals surface area contributed by atoms with Gasteiger partial charge in [0.1, 0.15) is 4.33 Å². The van der Waals surface area contributed by atoms with E-state index in [1.54, 1.807) is 0 Å². The van der Waals surface area contributed by atoms with Crippen LogP contribution in [0, 0.1) is 0 Å². The molecule has 1 fully saturated rings. The van der Waals surface area contributed by atoms with Crippen molar-refractivity contribution in [3.05, 3.63) is 35.9 Å². The van der Waals surface area contributed by atoms with E-state index in [0.29, 0.717) is 6.54 Å². The third-order valence-corrected chi connectivity index (χ3v) is 2.80. The highest BCUT2D eigenvalue weighted by atomic mass is 35.5. The van der Waals surface area contributed by atoms with Crippen LogP contribution in [0.2, 0.25) is 0 Å². The minimum atomic E-state index is -0.624. The molecule has 64 valence electrons. The van der Waals surface area contributed by atoms with E-state index >= 15 is 0 Å². The summed E-state index contributed by atoms with van der Waals surface area (Å²) in [6.07, 6.45) is 0. The van der Waals surface area contributed by atoms with Gasteiger partial charge in [0.2, 0.25) is 0 Å². The molecule has 1 aromatic rings. The molecule has 0 radical (unpaired) electrons. The molecule has 12 heavy (non-hydrogen) atoms. The van der Waals surface area contributed by atoms with Gasteiger partial charge in [0.05, 0.1) is 6.04 Å². The van der Waals surface area contributed by atoms with E-state index in [1.165, 1.54) is 0 Å². The Hall–Kier alpha value is -0.240. The quantitative estimate of drug-likeness (QED) is 0.690. The number of hydrogen-bond acceptors (Lipinski definition) is 1. The standard InChI is InChI=1S/C9H9Cl2N/c10-9(11)6-12-8(9)7-4-2-1-3-5-7/h1-5,8,12H,6H2. The Kier molecular flexibility index (Phi) is 2.03. The molecular formula is C9H9Cl2N. The first-order valence-electron chi connectivity index (χ1n) is 3.86. The normalized spacial score (nSPS) is 26.3. The predicted molar refractivity (Wildman–Crippen MR) is 51.6 cm³/mol. The lowest BCUT2D eigenvalue weighted by molar-refractivity contribution is 0.354. The van der Waals surface area contributed by atoms with Gasteiger partial charge < -0.3 is 5.32 Å². The van der Waals surface area contributed by atoms with Crippen LogP contribution >= 0.6 is 23.2 Å². The van der Waals surface area contributed by atoms with Gasteiger partial charge in [0.15, 0.2) is 0 Å². The van der Waals surface area contributed by atoms with Gasteiger partial charge in [-0.2, -0.15) is 0 Å². The molecule has 0 saturated carbocycles. The van der Waals surface area contributed by atoms with E-state index in [1.807, 2.05) is 30.3 Å². The monoisotopic (exact) mass is 201 g/mol. The lowest BCUT2D eigenvalue weighted by Crippen LogP contribution is -2.54. The molecular weight excluding hydrogens is 193 g/mol. The molecule has 1 nitrogen and oxygen atoms in total. The molecule has 0 spiro atoms. The van der Waals surface area contributed by atoms with E-state index < -0.39 is 4.33 Å². The smallest absolute Gasteiger partial charge is 0.149 e. The second kappa shape index (κ2) is 2.91. The van der Waals surface area contributed by atoms with E-state index in [4.69, 9.17) is 23.2 Å². The number of rotatable bonds is 1. The van der Waals surface area contributed by atoms with Crippen LogP contribution in [0.5, 0.6) is 0 Å². The van der Waals surface area contributed by atoms with Gasteiger partial charge in [-0.3, -0.25) is 0 Å². The number of hydrogen-bond donors (Lipinski definition) is 1. The average molecular weight is 202 g/mol. The van der Waals surface area contributed by atoms with Gasteiger partial charge in [-0.15, -0.1) is 0 Å². The van der Waals surface area contributed by atoms with Gasteiger partial charge in [-0.1, -0.05) is 53.5 Å². The molecule has 1 N–H and O–H groups in total. The topological polar surface area (TPSA) is 12.0 Å². The Morgan fingerprint density at radius 3 is 2.33 bits per heavy atom. The van der Waals surface area contributed by atoms with Crippen molar-refractivity contribution >= 4 is 23.2 Å². The van der Waals surface area contributed by atoms with Crippen molar-refractivity contribution in [3.8, 4) is 0 Å². The Balaban J connectivity index is 2.22. The van der Waals surface area contributed by atoms with Crippen LogP contribution in [-0.2, 0) is 0 Å². The van der Waals surface area contributed by atoms with Gasteiger partial charge in [0, 0.05) is 6.54 Å². The van der Waals surface area contributed by atoms with Crippen LogP contribution in [0.15, 0.2) is 30.3 Å². The van der Waals surface area contributed by atoms with Crippen molar-refractivity contribution in [1.29, 1.82) is 0 Å². The first-order valence-corrected chi connectivity index (χ1v) is 4.62. The highest BCUT2D eigenvalue weighted by Crippen LogP contribution is 2.41. The number of benzene rings is 1. The summed E-state index contributed by atoms with van der Waals surface area (Å²) in [6, 6.07) is 10.1. The zero-order valence-corrected chi connectivity index (χ0v) is 7.94. The van der Waals surface area contributed by atoms with Crippen molar-refractivity contribution in [2.75, 3.05) is 6.54 Å². The van der Waals surface area contributed by atoms with E-state index in [0.717, 1.165) is 5.56 Å². The maximum absolute atomic E-state index is 6.01. The minimum absolute atomic E-state index is 0.0852. The van der Waals surface area contributed by atoms with Crippen LogP contribution in [0.25, 0.3) is 0 Å². The van der Waals surface area contributed by atoms with Crippen molar-refractivity contribution in [3.63, 3.8) is 0 Å². The molecule has 0 aromatic heterocycles. The molecule has 1 aliphatic rings. The first-order chi connectivity index (χ1) is 5.70. The second-order valence-corrected chi connectivity index (χ2v) is 4.53. The number of halogens is 2. The van der Waals surface area contributed by atoms with Crippen molar-refractivity contribution in [1.82, 2.24) is 5.32 Å². The summed E-state index contributed by atoms with van der Waals surface area (Å²) in [5.41, 5.74) is 1.15. The highest BCUT2D eigenvalue weighted by Gasteiger charge is 2.44. The summed E-state index contributed by atoms with van der Waals surface area (Å²) < 4.78 is -0.624. The highest BCUT2D eigenvalue weighted by molar-refractivity contribution is 6.49. The Morgan fingerprint density at radius 2 is 1.92 bits per heavy atom. The van der Waals surface area contributed by atoms with E-state index in [2.05, 4.69) is 5.32 Å². The van der Waals surface area contributed by atoms with Gasteiger partial charge in [0.25, 0.3) is 0 Å². The molecule has 1 atom stereocenters. The fraction of sp³-hybridized carbons (Fsp3) is 0.333. The third kappa shape index (κ3) is 1.33. The van der Waals surface area contributed by atoms with Crippen LogP contribution in [0.3, 0.4) is 0 Å². The minimum Gasteiger partial charge on any atom is -0.304 e. The lowest BCUT2D eigenvalue weighted by atomic mass is 9.97. The second-order valence-electron chi connectivity index (χ2n) is 2.99. The first kappa shape index (κ1) is 8.36. The molecule has 1 aliphatic heterocycles. The summed E-state index contributed by atoms with van der Waals surface area (Å²) >= 11 is 12.0. The van der Waals surface area contributed by atoms with E-state index in [9.17, 15) is 0 Å². The van der Waals surface area contributed by atoms with Crippen molar-refractivity contribution in [2.24, 2.45) is 0 Å². The Bertz CT molecular complexity index is 271. The molecule has 1 saturated heterocycles. The molecule has 0 amide bonds. The molecule has 1 unspecified atom stereocenters. The van der Waals surface area contributed by atoms with Crippen molar-refractivity contribution < 1.29 is 0 Å². The Morgan fingerprint density at radius 1 is 1.25 bits per heavy atom. The Labute approximate surface area is 81.7 Å². The van der Waals surface area contributed by atoms with Crippen LogP contribution in [0.1, 0.15) is 11.6 Å². The van der Waals surface area contributed by atoms with Crippen molar-refractivity contribution in [2.45, 2.75) is 10.4 Å². The van der Waals surface area contributed by atoms with Gasteiger partial charge in [-0.25, -0.2) is 0 Å². The number of nitrogens with one attached hydrogen (secondary N) is 1. The molecule has 1 aromatic carbocycles. The van der Waals surface area contributed by atoms with Gasteiger partial charge in [-0.05, 0) is 5.56 Å². The maximum Gasteiger partial charge on any atom is 0.149 e. The molecule has 2 rings (SSSR count). The summed E-state index contributed by atoms with van der Waals surface area (Å²) in [7, 11) is 0. The average Bonchev–Trinajstić information content (AvgIpc) is 2.05. The van der Waals surface area contributed by atoms with E-state index in [-0.39, 0.29) is 6.04 Å². The SMILES string of the molecule is ClC1(Cl)CNC1c1ccccc1. The zero-order chi connectivity index (χ0) is 8.60. The van der Waals surface area contributed by atoms with Gasteiger partial charge >= 0.3 is 0 Å². The summed E-state index contributed by atoms with van der Waals surface area (Å²) in [6.45, 7) is 0.662.